The van der Waals surface area contributed by atoms with Crippen LogP contribution in [0.15, 0.2) is 36.0 Å². The molecule has 0 aliphatic rings. The molecule has 0 saturated carbocycles. The summed E-state index contributed by atoms with van der Waals surface area (Å²) in [5, 5.41) is 26.2. The first-order valence-corrected chi connectivity index (χ1v) is 5.54. The van der Waals surface area contributed by atoms with Crippen LogP contribution < -0.4 is 9.64 Å². The van der Waals surface area contributed by atoms with Crippen molar-refractivity contribution in [3.63, 3.8) is 0 Å². The lowest BCUT2D eigenvalue weighted by atomic mass is 10.2. The van der Waals surface area contributed by atoms with Crippen molar-refractivity contribution in [2.75, 3.05) is 18.6 Å². The lowest BCUT2D eigenvalue weighted by Gasteiger charge is -2.19. The predicted octanol–water partition coefficient (Wildman–Crippen LogP) is 2.35. The van der Waals surface area contributed by atoms with E-state index in [2.05, 4.69) is 0 Å². The van der Waals surface area contributed by atoms with Gasteiger partial charge in [0, 0.05) is 18.4 Å². The highest BCUT2D eigenvalue weighted by Crippen LogP contribution is 2.20. The van der Waals surface area contributed by atoms with Gasteiger partial charge >= 0.3 is 0 Å². The van der Waals surface area contributed by atoms with Crippen molar-refractivity contribution < 1.29 is 4.74 Å². The highest BCUT2D eigenvalue weighted by molar-refractivity contribution is 5.54. The Bertz CT molecular complexity index is 553. The Hall–Kier alpha value is -2.97. The largest absolute Gasteiger partial charge is 0.497 e. The minimum Gasteiger partial charge on any atom is -0.497 e. The molecule has 0 unspecified atom stereocenters. The number of allylic oxidation sites excluding steroid dienone is 1. The Labute approximate surface area is 112 Å². The molecule has 1 aromatic rings. The maximum absolute atomic E-state index is 8.78. The summed E-state index contributed by atoms with van der Waals surface area (Å²) in [7, 11) is 1.58. The first-order chi connectivity index (χ1) is 9.24. The molecule has 0 heterocycles. The Kier molecular flexibility index (Phi) is 5.47. The van der Waals surface area contributed by atoms with Crippen molar-refractivity contribution in [3.05, 3.63) is 36.0 Å². The highest BCUT2D eigenvalue weighted by atomic mass is 16.5. The number of hydrogen-bond acceptors (Lipinski definition) is 5. The van der Waals surface area contributed by atoms with Crippen molar-refractivity contribution in [1.82, 2.24) is 0 Å². The Morgan fingerprint density at radius 3 is 2.32 bits per heavy atom. The van der Waals surface area contributed by atoms with Crippen LogP contribution in [0.25, 0.3) is 0 Å². The average Bonchev–Trinajstić information content (AvgIpc) is 2.48. The second kappa shape index (κ2) is 7.37. The number of anilines is 1. The van der Waals surface area contributed by atoms with E-state index < -0.39 is 0 Å². The molecule has 5 nitrogen and oxygen atoms in total. The molecule has 5 heteroatoms. The molecule has 0 spiro atoms. The highest BCUT2D eigenvalue weighted by Gasteiger charge is 2.06. The number of nitriles is 3. The van der Waals surface area contributed by atoms with E-state index in [0.29, 0.717) is 18.7 Å². The van der Waals surface area contributed by atoms with Gasteiger partial charge in [-0.1, -0.05) is 0 Å². The second-order valence-electron chi connectivity index (χ2n) is 3.57. The van der Waals surface area contributed by atoms with E-state index in [1.54, 1.807) is 48.4 Å². The van der Waals surface area contributed by atoms with Gasteiger partial charge < -0.3 is 9.64 Å². The van der Waals surface area contributed by atoms with E-state index in [0.717, 1.165) is 5.69 Å². The summed E-state index contributed by atoms with van der Waals surface area (Å²) in [6.45, 7) is 0.412. The molecule has 0 aliphatic heterocycles. The molecule has 0 aliphatic carbocycles. The number of ether oxygens (including phenoxy) is 1. The van der Waals surface area contributed by atoms with Gasteiger partial charge in [0.2, 0.25) is 0 Å². The lowest BCUT2D eigenvalue weighted by molar-refractivity contribution is 0.415. The first-order valence-electron chi connectivity index (χ1n) is 5.54. The first kappa shape index (κ1) is 14.1. The van der Waals surface area contributed by atoms with E-state index in [9.17, 15) is 0 Å². The fourth-order valence-electron chi connectivity index (χ4n) is 1.45. The summed E-state index contributed by atoms with van der Waals surface area (Å²) in [6.07, 6.45) is 1.74. The molecule has 0 bridgehead atoms. The lowest BCUT2D eigenvalue weighted by Crippen LogP contribution is -2.17. The maximum Gasteiger partial charge on any atom is 0.145 e. The van der Waals surface area contributed by atoms with Crippen LogP contribution in [-0.4, -0.2) is 13.7 Å². The van der Waals surface area contributed by atoms with E-state index >= 15 is 0 Å². The molecule has 1 rings (SSSR count). The molecule has 0 saturated heterocycles. The van der Waals surface area contributed by atoms with Crippen LogP contribution in [0.5, 0.6) is 5.75 Å². The predicted molar refractivity (Wildman–Crippen MR) is 69.9 cm³/mol. The molecule has 0 fully saturated rings. The van der Waals surface area contributed by atoms with E-state index in [1.807, 2.05) is 6.07 Å². The van der Waals surface area contributed by atoms with Gasteiger partial charge in [-0.15, -0.1) is 0 Å². The van der Waals surface area contributed by atoms with Gasteiger partial charge in [-0.25, -0.2) is 0 Å². The van der Waals surface area contributed by atoms with Gasteiger partial charge in [-0.3, -0.25) is 0 Å². The maximum atomic E-state index is 8.78. The minimum absolute atomic E-state index is 0.00578. The van der Waals surface area contributed by atoms with Gasteiger partial charge in [0.25, 0.3) is 0 Å². The smallest absolute Gasteiger partial charge is 0.145 e. The van der Waals surface area contributed by atoms with Gasteiger partial charge in [-0.05, 0) is 24.3 Å². The molecule has 19 heavy (non-hydrogen) atoms. The average molecular weight is 252 g/mol. The van der Waals surface area contributed by atoms with Crippen molar-refractivity contribution in [1.29, 1.82) is 15.8 Å². The van der Waals surface area contributed by atoms with E-state index in [4.69, 9.17) is 20.5 Å². The third-order valence-electron chi connectivity index (χ3n) is 2.39. The van der Waals surface area contributed by atoms with Crippen molar-refractivity contribution in [2.45, 2.75) is 6.42 Å². The van der Waals surface area contributed by atoms with Crippen LogP contribution in [0, 0.1) is 34.0 Å². The summed E-state index contributed by atoms with van der Waals surface area (Å²) < 4.78 is 5.06. The van der Waals surface area contributed by atoms with Crippen molar-refractivity contribution >= 4 is 5.69 Å². The summed E-state index contributed by atoms with van der Waals surface area (Å²) in [6, 6.07) is 12.8. The Balaban J connectivity index is 3.03. The number of benzene rings is 1. The molecule has 0 atom stereocenters. The zero-order valence-electron chi connectivity index (χ0n) is 10.5. The Morgan fingerprint density at radius 2 is 1.84 bits per heavy atom. The normalized spacial score (nSPS) is 8.53. The molecule has 0 radical (unpaired) electrons. The molecule has 94 valence electrons. The fourth-order valence-corrected chi connectivity index (χ4v) is 1.45. The topological polar surface area (TPSA) is 83.8 Å². The number of nitrogens with zero attached hydrogens (tertiary/aromatic N) is 4. The van der Waals surface area contributed by atoms with Gasteiger partial charge in [0.05, 0.1) is 19.6 Å². The zero-order chi connectivity index (χ0) is 14.1. The van der Waals surface area contributed by atoms with Crippen LogP contribution in [0.1, 0.15) is 6.42 Å². The standard InChI is InChI=1S/C14H12N4O/c1-19-14-5-3-13(4-6-14)18(8-2-7-15)11-12(9-16)10-17/h3-6,11H,2,8H2,1H3. The van der Waals surface area contributed by atoms with Gasteiger partial charge in [-0.2, -0.15) is 15.8 Å². The Morgan fingerprint density at radius 1 is 1.21 bits per heavy atom. The fraction of sp³-hybridized carbons (Fsp3) is 0.214. The third kappa shape index (κ3) is 4.07. The van der Waals surface area contributed by atoms with Crippen molar-refractivity contribution in [3.8, 4) is 24.0 Å². The van der Waals surface area contributed by atoms with E-state index in [1.165, 1.54) is 6.20 Å². The number of hydrogen-bond donors (Lipinski definition) is 0. The minimum atomic E-state index is -0.00578. The molecular formula is C14H12N4O. The van der Waals surface area contributed by atoms with Crippen LogP contribution >= 0.6 is 0 Å². The van der Waals surface area contributed by atoms with Crippen molar-refractivity contribution in [2.24, 2.45) is 0 Å². The summed E-state index contributed by atoms with van der Waals surface area (Å²) >= 11 is 0. The molecule has 1 aromatic carbocycles. The monoisotopic (exact) mass is 252 g/mol. The second-order valence-corrected chi connectivity index (χ2v) is 3.57. The zero-order valence-corrected chi connectivity index (χ0v) is 10.5. The van der Waals surface area contributed by atoms with E-state index in [-0.39, 0.29) is 5.57 Å². The number of rotatable bonds is 5. The molecule has 0 aromatic heterocycles. The molecular weight excluding hydrogens is 240 g/mol. The SMILES string of the molecule is COc1ccc(N(C=C(C#N)C#N)CCC#N)cc1. The van der Waals surface area contributed by atoms with Gasteiger partial charge in [0.1, 0.15) is 23.5 Å². The van der Waals surface area contributed by atoms with Crippen LogP contribution in [0.2, 0.25) is 0 Å². The molecule has 0 N–H and O–H groups in total. The van der Waals surface area contributed by atoms with Crippen LogP contribution in [0.3, 0.4) is 0 Å². The van der Waals surface area contributed by atoms with Crippen LogP contribution in [0.4, 0.5) is 5.69 Å². The number of methoxy groups -OCH3 is 1. The summed E-state index contributed by atoms with van der Waals surface area (Å²) in [5.41, 5.74) is 0.785. The quantitative estimate of drug-likeness (QED) is 0.751. The summed E-state index contributed by atoms with van der Waals surface area (Å²) in [4.78, 5) is 1.70. The summed E-state index contributed by atoms with van der Waals surface area (Å²) in [5.74, 6) is 0.716. The van der Waals surface area contributed by atoms with Crippen LogP contribution in [-0.2, 0) is 0 Å². The van der Waals surface area contributed by atoms with Gasteiger partial charge in [0.15, 0.2) is 0 Å². The third-order valence-corrected chi connectivity index (χ3v) is 2.39. The molecule has 0 amide bonds.